The fourth-order valence-corrected chi connectivity index (χ4v) is 1.92. The summed E-state index contributed by atoms with van der Waals surface area (Å²) in [6.45, 7) is 10.6. The van der Waals surface area contributed by atoms with Crippen molar-refractivity contribution in [2.24, 2.45) is 10.7 Å². The maximum absolute atomic E-state index is 12.1. The number of nitrogens with zero attached hydrogens (tertiary/aromatic N) is 2. The maximum atomic E-state index is 12.1. The Balaban J connectivity index is 0.00000441. The van der Waals surface area contributed by atoms with Gasteiger partial charge in [0, 0.05) is 13.1 Å². The third-order valence-electron chi connectivity index (χ3n) is 3.44. The van der Waals surface area contributed by atoms with Gasteiger partial charge in [-0.25, -0.2) is 9.79 Å². The Bertz CT molecular complexity index is 466. The van der Waals surface area contributed by atoms with Crippen LogP contribution in [0.4, 0.5) is 4.79 Å². The minimum Gasteiger partial charge on any atom is -0.370 e. The van der Waals surface area contributed by atoms with Crippen LogP contribution in [-0.2, 0) is 4.79 Å². The molecule has 0 aromatic carbocycles. The van der Waals surface area contributed by atoms with E-state index in [4.69, 9.17) is 5.73 Å². The predicted molar refractivity (Wildman–Crippen MR) is 98.3 cm³/mol. The van der Waals surface area contributed by atoms with Crippen molar-refractivity contribution in [2.45, 2.75) is 39.2 Å². The largest absolute Gasteiger partial charge is 0.370 e. The minimum atomic E-state index is -0.771. The molecule has 22 heavy (non-hydrogen) atoms. The van der Waals surface area contributed by atoms with Crippen molar-refractivity contribution >= 4 is 41.9 Å². The Hall–Kier alpha value is -1.32. The van der Waals surface area contributed by atoms with E-state index < -0.39 is 5.54 Å². The Labute approximate surface area is 148 Å². The number of carbonyl (C=O) groups excluding carboxylic acids is 2. The van der Waals surface area contributed by atoms with E-state index in [9.17, 15) is 9.59 Å². The lowest BCUT2D eigenvalue weighted by atomic mass is 9.99. The average molecular weight is 423 g/mol. The Morgan fingerprint density at radius 1 is 1.50 bits per heavy atom. The molecule has 0 aromatic heterocycles. The Kier molecular flexibility index (Phi) is 8.43. The van der Waals surface area contributed by atoms with Crippen LogP contribution in [-0.4, -0.2) is 48.0 Å². The summed E-state index contributed by atoms with van der Waals surface area (Å²) in [5.74, 6) is 0.174. The van der Waals surface area contributed by atoms with Gasteiger partial charge < -0.3 is 16.4 Å². The van der Waals surface area contributed by atoms with E-state index in [1.165, 1.54) is 4.90 Å². The summed E-state index contributed by atoms with van der Waals surface area (Å²) >= 11 is 0. The number of halogens is 1. The van der Waals surface area contributed by atoms with Crippen molar-refractivity contribution in [2.75, 3.05) is 19.6 Å². The molecule has 1 saturated heterocycles. The van der Waals surface area contributed by atoms with Crippen molar-refractivity contribution in [3.8, 4) is 0 Å². The molecule has 1 rings (SSSR count). The zero-order valence-corrected chi connectivity index (χ0v) is 15.8. The van der Waals surface area contributed by atoms with E-state index in [1.807, 2.05) is 13.8 Å². The first-order chi connectivity index (χ1) is 9.80. The van der Waals surface area contributed by atoms with Crippen LogP contribution in [0.25, 0.3) is 0 Å². The summed E-state index contributed by atoms with van der Waals surface area (Å²) in [7, 11) is 0. The first-order valence-electron chi connectivity index (χ1n) is 7.12. The molecule has 0 spiro atoms. The minimum absolute atomic E-state index is 0. The summed E-state index contributed by atoms with van der Waals surface area (Å²) in [6.07, 6.45) is 1.19. The van der Waals surface area contributed by atoms with E-state index in [0.29, 0.717) is 38.4 Å². The number of aliphatic imine (C=N–C) groups is 1. The highest BCUT2D eigenvalue weighted by Gasteiger charge is 2.45. The lowest BCUT2D eigenvalue weighted by Crippen LogP contribution is -2.43. The molecule has 0 radical (unpaired) electrons. The number of nitrogens with two attached hydrogens (primary N) is 1. The Morgan fingerprint density at radius 3 is 2.64 bits per heavy atom. The second kappa shape index (κ2) is 8.96. The van der Waals surface area contributed by atoms with Gasteiger partial charge in [-0.2, -0.15) is 0 Å². The number of hydrogen-bond acceptors (Lipinski definition) is 3. The molecule has 0 aromatic rings. The van der Waals surface area contributed by atoms with Gasteiger partial charge in [0.1, 0.15) is 5.54 Å². The van der Waals surface area contributed by atoms with Gasteiger partial charge in [0.15, 0.2) is 5.96 Å². The van der Waals surface area contributed by atoms with Crippen LogP contribution in [0.3, 0.4) is 0 Å². The van der Waals surface area contributed by atoms with Crippen LogP contribution in [0.2, 0.25) is 0 Å². The fraction of sp³-hybridized carbons (Fsp3) is 0.643. The molecule has 0 bridgehead atoms. The summed E-state index contributed by atoms with van der Waals surface area (Å²) in [5, 5.41) is 5.66. The first kappa shape index (κ1) is 20.7. The molecule has 7 nitrogen and oxygen atoms in total. The van der Waals surface area contributed by atoms with Crippen LogP contribution in [0.15, 0.2) is 17.1 Å². The number of urea groups is 1. The molecule has 1 unspecified atom stereocenters. The van der Waals surface area contributed by atoms with Crippen molar-refractivity contribution < 1.29 is 9.59 Å². The molecule has 1 aliphatic rings. The third-order valence-corrected chi connectivity index (χ3v) is 3.44. The summed E-state index contributed by atoms with van der Waals surface area (Å²) in [5.41, 5.74) is 5.83. The molecule has 4 N–H and O–H groups in total. The maximum Gasteiger partial charge on any atom is 0.325 e. The van der Waals surface area contributed by atoms with Gasteiger partial charge in [-0.15, -0.1) is 24.0 Å². The van der Waals surface area contributed by atoms with E-state index in [-0.39, 0.29) is 35.9 Å². The van der Waals surface area contributed by atoms with Crippen molar-refractivity contribution in [1.82, 2.24) is 15.5 Å². The second-order valence-electron chi connectivity index (χ2n) is 5.51. The molecule has 1 atom stereocenters. The lowest BCUT2D eigenvalue weighted by Gasteiger charge is -2.19. The van der Waals surface area contributed by atoms with Gasteiger partial charge >= 0.3 is 6.03 Å². The zero-order chi connectivity index (χ0) is 16.0. The predicted octanol–water partition coefficient (Wildman–Crippen LogP) is 1.20. The first-order valence-corrected chi connectivity index (χ1v) is 7.12. The van der Waals surface area contributed by atoms with E-state index in [0.717, 1.165) is 5.57 Å². The molecule has 126 valence electrons. The summed E-state index contributed by atoms with van der Waals surface area (Å²) in [6, 6.07) is -0.326. The van der Waals surface area contributed by atoms with Crippen LogP contribution < -0.4 is 16.4 Å². The number of rotatable bonds is 7. The highest BCUT2D eigenvalue weighted by Crippen LogP contribution is 2.20. The number of carbonyl (C=O) groups is 2. The van der Waals surface area contributed by atoms with Gasteiger partial charge in [-0.3, -0.25) is 9.69 Å². The molecule has 1 fully saturated rings. The number of imide groups is 1. The van der Waals surface area contributed by atoms with Crippen LogP contribution in [0.5, 0.6) is 0 Å². The van der Waals surface area contributed by atoms with Crippen LogP contribution in [0, 0.1) is 0 Å². The van der Waals surface area contributed by atoms with Gasteiger partial charge in [0.25, 0.3) is 5.91 Å². The standard InChI is InChI=1S/C14H25N5O2.HI/c1-5-14(4)11(20)19(13(21)18-14)8-6-7-16-12(15)17-9-10(2)3;/h2,5-9H2,1,3-4H3,(H,18,21)(H3,15,16,17);1H. The van der Waals surface area contributed by atoms with E-state index in [2.05, 4.69) is 22.2 Å². The number of hydrogen-bond donors (Lipinski definition) is 3. The summed E-state index contributed by atoms with van der Waals surface area (Å²) < 4.78 is 0. The fourth-order valence-electron chi connectivity index (χ4n) is 1.92. The van der Waals surface area contributed by atoms with Crippen molar-refractivity contribution in [3.05, 3.63) is 12.2 Å². The van der Waals surface area contributed by atoms with Gasteiger partial charge in [-0.1, -0.05) is 19.1 Å². The van der Waals surface area contributed by atoms with Gasteiger partial charge in [0.2, 0.25) is 0 Å². The van der Waals surface area contributed by atoms with Gasteiger partial charge in [0.05, 0.1) is 6.54 Å². The van der Waals surface area contributed by atoms with Crippen molar-refractivity contribution in [1.29, 1.82) is 0 Å². The van der Waals surface area contributed by atoms with Crippen LogP contribution in [0.1, 0.15) is 33.6 Å². The molecular formula is C14H26IN5O2. The highest BCUT2D eigenvalue weighted by atomic mass is 127. The SMILES string of the molecule is C=C(C)CN=C(N)NCCCN1C(=O)NC(C)(CC)C1=O.I. The highest BCUT2D eigenvalue weighted by molar-refractivity contribution is 14.0. The smallest absolute Gasteiger partial charge is 0.325 e. The molecule has 3 amide bonds. The van der Waals surface area contributed by atoms with Crippen molar-refractivity contribution in [3.63, 3.8) is 0 Å². The molecule has 0 saturated carbocycles. The normalized spacial score (nSPS) is 21.4. The monoisotopic (exact) mass is 423 g/mol. The topological polar surface area (TPSA) is 99.8 Å². The molecule has 1 aliphatic heterocycles. The van der Waals surface area contributed by atoms with E-state index >= 15 is 0 Å². The lowest BCUT2D eigenvalue weighted by molar-refractivity contribution is -0.130. The molecule has 8 heteroatoms. The Morgan fingerprint density at radius 2 is 2.14 bits per heavy atom. The molecule has 0 aliphatic carbocycles. The quantitative estimate of drug-likeness (QED) is 0.143. The number of amides is 3. The zero-order valence-electron chi connectivity index (χ0n) is 13.4. The number of guanidine groups is 1. The van der Waals surface area contributed by atoms with Gasteiger partial charge in [-0.05, 0) is 26.7 Å². The van der Waals surface area contributed by atoms with E-state index in [1.54, 1.807) is 6.92 Å². The average Bonchev–Trinajstić information content (AvgIpc) is 2.64. The third kappa shape index (κ3) is 5.47. The molecule has 1 heterocycles. The van der Waals surface area contributed by atoms with Crippen LogP contribution >= 0.6 is 24.0 Å². The summed E-state index contributed by atoms with van der Waals surface area (Å²) in [4.78, 5) is 29.3. The number of nitrogens with one attached hydrogen (secondary N) is 2. The second-order valence-corrected chi connectivity index (χ2v) is 5.51. The molecular weight excluding hydrogens is 397 g/mol.